The van der Waals surface area contributed by atoms with Crippen LogP contribution in [0.15, 0.2) is 182 Å². The van der Waals surface area contributed by atoms with Gasteiger partial charge in [-0.05, 0) is 79.5 Å². The first kappa shape index (κ1) is 33.6. The van der Waals surface area contributed by atoms with Gasteiger partial charge in [-0.25, -0.2) is 0 Å². The van der Waals surface area contributed by atoms with Crippen molar-refractivity contribution in [2.24, 2.45) is 5.41 Å². The van der Waals surface area contributed by atoms with Gasteiger partial charge in [-0.1, -0.05) is 189 Å². The number of rotatable bonds is 12. The molecular weight excluding hydrogens is 688 g/mol. The summed E-state index contributed by atoms with van der Waals surface area (Å²) in [7, 11) is -1.66. The van der Waals surface area contributed by atoms with Crippen molar-refractivity contribution in [3.8, 4) is 0 Å². The molecule has 0 heterocycles. The van der Waals surface area contributed by atoms with Gasteiger partial charge in [0.05, 0.1) is 0 Å². The van der Waals surface area contributed by atoms with Crippen molar-refractivity contribution in [1.29, 1.82) is 0 Å². The first-order valence-electron chi connectivity index (χ1n) is 15.3. The summed E-state index contributed by atoms with van der Waals surface area (Å²) in [6.07, 6.45) is 3.44. The minimum atomic E-state index is -0.555. The van der Waals surface area contributed by atoms with Gasteiger partial charge in [0.2, 0.25) is 0 Å². The molecule has 0 bridgehead atoms. The zero-order valence-corrected chi connectivity index (χ0v) is 30.4. The van der Waals surface area contributed by atoms with Crippen molar-refractivity contribution in [1.82, 2.24) is 0 Å². The van der Waals surface area contributed by atoms with Gasteiger partial charge in [0, 0.05) is 0 Å². The summed E-state index contributed by atoms with van der Waals surface area (Å²) in [5, 5.41) is 8.79. The van der Waals surface area contributed by atoms with E-state index in [2.05, 4.69) is 189 Å². The van der Waals surface area contributed by atoms with E-state index in [1.807, 2.05) is 0 Å². The van der Waals surface area contributed by atoms with E-state index >= 15 is 0 Å². The first-order valence-corrected chi connectivity index (χ1v) is 19.9. The molecule has 0 unspecified atom stereocenters. The molecule has 0 nitrogen and oxygen atoms in total. The van der Waals surface area contributed by atoms with Crippen LogP contribution in [-0.4, -0.2) is 18.5 Å². The van der Waals surface area contributed by atoms with E-state index in [0.29, 0.717) is 0 Å². The molecule has 0 N–H and O–H groups in total. The molecule has 6 rings (SSSR count). The zero-order chi connectivity index (χ0) is 30.0. The van der Waals surface area contributed by atoms with Crippen LogP contribution >= 0.6 is 23.8 Å². The fraction of sp³-hybridized carbons (Fsp3) is 0.122. The zero-order valence-electron chi connectivity index (χ0n) is 25.7. The van der Waals surface area contributed by atoms with E-state index in [1.165, 1.54) is 31.8 Å². The van der Waals surface area contributed by atoms with Gasteiger partial charge in [0.25, 0.3) is 0 Å². The van der Waals surface area contributed by atoms with Crippen molar-refractivity contribution >= 4 is 55.6 Å². The maximum atomic E-state index is 2.61. The van der Waals surface area contributed by atoms with Crippen molar-refractivity contribution < 1.29 is 19.5 Å². The van der Waals surface area contributed by atoms with Crippen LogP contribution in [0.2, 0.25) is 0 Å². The fourth-order valence-corrected chi connectivity index (χ4v) is 14.6. The van der Waals surface area contributed by atoms with Crippen molar-refractivity contribution in [3.63, 3.8) is 0 Å². The van der Waals surface area contributed by atoms with Crippen LogP contribution in [-0.2, 0) is 19.5 Å². The summed E-state index contributed by atoms with van der Waals surface area (Å²) in [5.74, 6) is 0. The van der Waals surface area contributed by atoms with Gasteiger partial charge < -0.3 is 0 Å². The third-order valence-corrected chi connectivity index (χ3v) is 16.8. The Morgan fingerprint density at radius 2 is 0.467 bits per heavy atom. The molecular formula is C41H42P3Rh. The molecule has 0 amide bonds. The van der Waals surface area contributed by atoms with Crippen LogP contribution in [0.25, 0.3) is 0 Å². The first-order chi connectivity index (χ1) is 21.7. The van der Waals surface area contributed by atoms with Gasteiger partial charge in [0.15, 0.2) is 0 Å². The Morgan fingerprint density at radius 1 is 0.311 bits per heavy atom. The average molecular weight is 731 g/mol. The Morgan fingerprint density at radius 3 is 0.622 bits per heavy atom. The monoisotopic (exact) mass is 730 g/mol. The standard InChI is InChI=1S/C41H39P3.Rh.3H/c1-41(32-42(35-20-8-2-9-21-35)36-22-10-3-11-23-36,33-43(37-24-12-4-13-25-37)38-26-14-5-15-27-38)34-44(39-28-16-6-17-29-39)40-30-18-7-19-31-40;;;;/h2-31H,32-34H2,1H3;;;;. The minimum absolute atomic E-state index is 0. The Labute approximate surface area is 286 Å². The summed E-state index contributed by atoms with van der Waals surface area (Å²) in [6, 6.07) is 67.7. The third-order valence-electron chi connectivity index (χ3n) is 8.03. The molecule has 45 heavy (non-hydrogen) atoms. The predicted molar refractivity (Wildman–Crippen MR) is 204 cm³/mol. The second kappa shape index (κ2) is 16.7. The Balaban J connectivity index is 0.00000400. The van der Waals surface area contributed by atoms with E-state index < -0.39 is 23.8 Å². The molecule has 6 aromatic carbocycles. The second-order valence-corrected chi connectivity index (χ2v) is 18.2. The van der Waals surface area contributed by atoms with Gasteiger partial charge in [-0.2, -0.15) is 0 Å². The summed E-state index contributed by atoms with van der Waals surface area (Å²) in [5.41, 5.74) is 0.0756. The molecule has 0 aromatic heterocycles. The summed E-state index contributed by atoms with van der Waals surface area (Å²) < 4.78 is 0. The summed E-state index contributed by atoms with van der Waals surface area (Å²) >= 11 is 0. The molecule has 230 valence electrons. The van der Waals surface area contributed by atoms with Gasteiger partial charge in [-0.15, -0.1) is 0 Å². The van der Waals surface area contributed by atoms with Crippen LogP contribution in [0, 0.1) is 5.41 Å². The van der Waals surface area contributed by atoms with E-state index in [9.17, 15) is 0 Å². The molecule has 6 aromatic rings. The van der Waals surface area contributed by atoms with E-state index in [4.69, 9.17) is 0 Å². The number of benzene rings is 6. The summed E-state index contributed by atoms with van der Waals surface area (Å²) in [4.78, 5) is 0. The third kappa shape index (κ3) is 8.95. The van der Waals surface area contributed by atoms with Crippen molar-refractivity contribution in [2.45, 2.75) is 6.92 Å². The van der Waals surface area contributed by atoms with Crippen LogP contribution < -0.4 is 31.8 Å². The van der Waals surface area contributed by atoms with E-state index in [1.54, 1.807) is 0 Å². The quantitative estimate of drug-likeness (QED) is 0.0901. The van der Waals surface area contributed by atoms with Gasteiger partial charge in [-0.3, -0.25) is 0 Å². The Kier molecular flexibility index (Phi) is 12.5. The van der Waals surface area contributed by atoms with E-state index in [0.717, 1.165) is 18.5 Å². The molecule has 0 spiro atoms. The molecule has 0 aliphatic carbocycles. The maximum absolute atomic E-state index is 2.61. The molecule has 0 fully saturated rings. The SMILES string of the molecule is CC(CP(c1ccccc1)c1ccccc1)(CP(c1ccccc1)c1ccccc1)CP(c1ccccc1)c1ccccc1.[RhH3]. The fourth-order valence-electron chi connectivity index (χ4n) is 5.94. The number of hydrogen-bond acceptors (Lipinski definition) is 0. The summed E-state index contributed by atoms with van der Waals surface area (Å²) in [6.45, 7) is 2.61. The molecule has 0 aliphatic rings. The topological polar surface area (TPSA) is 0 Å². The normalized spacial score (nSPS) is 11.5. The number of hydrogen-bond donors (Lipinski definition) is 0. The van der Waals surface area contributed by atoms with Crippen LogP contribution in [0.1, 0.15) is 6.92 Å². The van der Waals surface area contributed by atoms with Gasteiger partial charge in [0.1, 0.15) is 0 Å². The van der Waals surface area contributed by atoms with Crippen LogP contribution in [0.3, 0.4) is 0 Å². The molecule has 0 aliphatic heterocycles. The van der Waals surface area contributed by atoms with Crippen molar-refractivity contribution in [2.75, 3.05) is 18.5 Å². The molecule has 0 saturated carbocycles. The van der Waals surface area contributed by atoms with Gasteiger partial charge >= 0.3 is 19.5 Å². The predicted octanol–water partition coefficient (Wildman–Crippen LogP) is 7.59. The average Bonchev–Trinajstić information content (AvgIpc) is 3.11. The van der Waals surface area contributed by atoms with E-state index in [-0.39, 0.29) is 24.9 Å². The van der Waals surface area contributed by atoms with Crippen molar-refractivity contribution in [3.05, 3.63) is 182 Å². The Hall–Kier alpha value is -2.77. The second-order valence-electron chi connectivity index (χ2n) is 11.6. The molecule has 0 saturated heterocycles. The molecule has 4 heteroatoms. The van der Waals surface area contributed by atoms with Crippen LogP contribution in [0.4, 0.5) is 0 Å². The molecule has 0 atom stereocenters. The van der Waals surface area contributed by atoms with Crippen LogP contribution in [0.5, 0.6) is 0 Å². The molecule has 1 radical (unpaired) electrons. The Bertz CT molecular complexity index is 1360.